The normalized spacial score (nSPS) is 16.0. The van der Waals surface area contributed by atoms with E-state index in [1.807, 2.05) is 31.2 Å². The molecule has 0 bridgehead atoms. The quantitative estimate of drug-likeness (QED) is 0.682. The Kier molecular flexibility index (Phi) is 4.12. The van der Waals surface area contributed by atoms with Crippen molar-refractivity contribution in [3.63, 3.8) is 0 Å². The molecule has 0 saturated carbocycles. The first-order valence-corrected chi connectivity index (χ1v) is 8.51. The van der Waals surface area contributed by atoms with Crippen LogP contribution >= 0.6 is 11.6 Å². The maximum Gasteiger partial charge on any atom is 0.139 e. The second kappa shape index (κ2) is 6.42. The molecule has 2 aromatic heterocycles. The number of anilines is 1. The molecule has 1 aliphatic rings. The molecule has 4 rings (SSSR count). The zero-order chi connectivity index (χ0) is 16.5. The highest BCUT2D eigenvalue weighted by atomic mass is 35.5. The first-order chi connectivity index (χ1) is 11.7. The molecule has 1 saturated heterocycles. The van der Waals surface area contributed by atoms with E-state index in [1.54, 1.807) is 0 Å². The molecule has 6 heteroatoms. The van der Waals surface area contributed by atoms with Crippen molar-refractivity contribution in [2.24, 2.45) is 0 Å². The van der Waals surface area contributed by atoms with Crippen LogP contribution in [-0.4, -0.2) is 41.2 Å². The number of benzene rings is 1. The molecule has 0 atom stereocenters. The second-order valence-electron chi connectivity index (χ2n) is 6.18. The summed E-state index contributed by atoms with van der Waals surface area (Å²) in [6.07, 6.45) is 0. The molecule has 1 fully saturated rings. The molecule has 1 aliphatic heterocycles. The Balaban J connectivity index is 1.45. The fourth-order valence-corrected chi connectivity index (χ4v) is 3.42. The summed E-state index contributed by atoms with van der Waals surface area (Å²) in [5, 5.41) is 6.78. The van der Waals surface area contributed by atoms with Crippen molar-refractivity contribution in [1.29, 1.82) is 0 Å². The van der Waals surface area contributed by atoms with Crippen LogP contribution in [-0.2, 0) is 6.54 Å². The number of piperazine rings is 1. The summed E-state index contributed by atoms with van der Waals surface area (Å²) in [4.78, 5) is 9.26. The highest BCUT2D eigenvalue weighted by Crippen LogP contribution is 2.27. The zero-order valence-electron chi connectivity index (χ0n) is 13.6. The third-order valence-electron chi connectivity index (χ3n) is 4.44. The first-order valence-electron chi connectivity index (χ1n) is 8.14. The molecule has 0 unspecified atom stereocenters. The molecule has 124 valence electrons. The minimum atomic E-state index is 0.573. The van der Waals surface area contributed by atoms with Gasteiger partial charge in [-0.3, -0.25) is 4.90 Å². The highest BCUT2D eigenvalue weighted by molar-refractivity contribution is 6.34. The molecule has 0 aliphatic carbocycles. The Labute approximate surface area is 145 Å². The van der Waals surface area contributed by atoms with E-state index in [9.17, 15) is 0 Å². The van der Waals surface area contributed by atoms with E-state index in [1.165, 1.54) is 0 Å². The number of rotatable bonds is 3. The third-order valence-corrected chi connectivity index (χ3v) is 4.73. The van der Waals surface area contributed by atoms with E-state index in [-0.39, 0.29) is 0 Å². The Morgan fingerprint density at radius 1 is 1.12 bits per heavy atom. The van der Waals surface area contributed by atoms with Gasteiger partial charge in [-0.25, -0.2) is 4.98 Å². The standard InChI is InChI=1S/C18H19ClN4O/c1-13-10-15(21-24-13)12-22-6-8-23(9-7-22)17-11-14-4-2-3-5-16(14)18(19)20-17/h2-5,10-11H,6-9,12H2,1H3. The van der Waals surface area contributed by atoms with Crippen molar-refractivity contribution in [3.8, 4) is 0 Å². The maximum atomic E-state index is 6.35. The molecule has 3 heterocycles. The summed E-state index contributed by atoms with van der Waals surface area (Å²) in [5.74, 6) is 1.81. The lowest BCUT2D eigenvalue weighted by Crippen LogP contribution is -2.46. The van der Waals surface area contributed by atoms with Gasteiger partial charge in [0.05, 0.1) is 5.69 Å². The summed E-state index contributed by atoms with van der Waals surface area (Å²) >= 11 is 6.35. The van der Waals surface area contributed by atoms with Gasteiger partial charge in [-0.1, -0.05) is 41.0 Å². The lowest BCUT2D eigenvalue weighted by atomic mass is 10.1. The number of halogens is 1. The zero-order valence-corrected chi connectivity index (χ0v) is 14.3. The minimum absolute atomic E-state index is 0.573. The average molecular weight is 343 g/mol. The molecule has 0 N–H and O–H groups in total. The number of aromatic nitrogens is 2. The average Bonchev–Trinajstić information content (AvgIpc) is 3.00. The van der Waals surface area contributed by atoms with E-state index in [2.05, 4.69) is 32.1 Å². The van der Waals surface area contributed by atoms with Gasteiger partial charge in [0.25, 0.3) is 0 Å². The van der Waals surface area contributed by atoms with E-state index in [0.717, 1.165) is 60.8 Å². The minimum Gasteiger partial charge on any atom is -0.361 e. The van der Waals surface area contributed by atoms with Crippen molar-refractivity contribution in [2.75, 3.05) is 31.1 Å². The van der Waals surface area contributed by atoms with Crippen molar-refractivity contribution >= 4 is 28.2 Å². The fraction of sp³-hybridized carbons (Fsp3) is 0.333. The summed E-state index contributed by atoms with van der Waals surface area (Å²) in [6, 6.07) is 12.2. The molecule has 5 nitrogen and oxygen atoms in total. The predicted molar refractivity (Wildman–Crippen MR) is 95.5 cm³/mol. The smallest absolute Gasteiger partial charge is 0.139 e. The van der Waals surface area contributed by atoms with Gasteiger partial charge in [-0.2, -0.15) is 0 Å². The lowest BCUT2D eigenvalue weighted by Gasteiger charge is -2.35. The van der Waals surface area contributed by atoms with Crippen molar-refractivity contribution in [3.05, 3.63) is 53.0 Å². The second-order valence-corrected chi connectivity index (χ2v) is 6.54. The van der Waals surface area contributed by atoms with E-state index in [4.69, 9.17) is 16.1 Å². The summed E-state index contributed by atoms with van der Waals surface area (Å²) < 4.78 is 5.14. The van der Waals surface area contributed by atoms with Crippen LogP contribution in [0.15, 0.2) is 40.9 Å². The highest BCUT2D eigenvalue weighted by Gasteiger charge is 2.20. The summed E-state index contributed by atoms with van der Waals surface area (Å²) in [6.45, 7) is 6.55. The van der Waals surface area contributed by atoms with Crippen molar-refractivity contribution in [1.82, 2.24) is 15.0 Å². The number of aryl methyl sites for hydroxylation is 1. The predicted octanol–water partition coefficient (Wildman–Crippen LogP) is 3.51. The van der Waals surface area contributed by atoms with Gasteiger partial charge < -0.3 is 9.42 Å². The molecule has 3 aromatic rings. The van der Waals surface area contributed by atoms with Gasteiger partial charge in [0, 0.05) is 44.2 Å². The summed E-state index contributed by atoms with van der Waals surface area (Å²) in [5.41, 5.74) is 0.993. The van der Waals surface area contributed by atoms with Gasteiger partial charge in [0.1, 0.15) is 16.7 Å². The Bertz CT molecular complexity index is 855. The first kappa shape index (κ1) is 15.4. The maximum absolute atomic E-state index is 6.35. The molecule has 0 radical (unpaired) electrons. The Morgan fingerprint density at radius 3 is 2.67 bits per heavy atom. The molecule has 0 spiro atoms. The van der Waals surface area contributed by atoms with Crippen LogP contribution in [0.1, 0.15) is 11.5 Å². The molecular weight excluding hydrogens is 324 g/mol. The number of pyridine rings is 1. The number of hydrogen-bond acceptors (Lipinski definition) is 5. The third kappa shape index (κ3) is 3.09. The monoisotopic (exact) mass is 342 g/mol. The van der Waals surface area contributed by atoms with Crippen LogP contribution in [0.2, 0.25) is 5.15 Å². The van der Waals surface area contributed by atoms with Gasteiger partial charge in [-0.15, -0.1) is 0 Å². The van der Waals surface area contributed by atoms with Crippen LogP contribution in [0.25, 0.3) is 10.8 Å². The van der Waals surface area contributed by atoms with Crippen molar-refractivity contribution < 1.29 is 4.52 Å². The largest absolute Gasteiger partial charge is 0.361 e. The van der Waals surface area contributed by atoms with Gasteiger partial charge >= 0.3 is 0 Å². The molecule has 24 heavy (non-hydrogen) atoms. The SMILES string of the molecule is Cc1cc(CN2CCN(c3cc4ccccc4c(Cl)n3)CC2)no1. The van der Waals surface area contributed by atoms with Crippen LogP contribution in [0.3, 0.4) is 0 Å². The van der Waals surface area contributed by atoms with Gasteiger partial charge in [0.15, 0.2) is 0 Å². The lowest BCUT2D eigenvalue weighted by molar-refractivity contribution is 0.241. The van der Waals surface area contributed by atoms with Crippen LogP contribution in [0.4, 0.5) is 5.82 Å². The number of fused-ring (bicyclic) bond motifs is 1. The number of nitrogens with zero attached hydrogens (tertiary/aromatic N) is 4. The van der Waals surface area contributed by atoms with Crippen LogP contribution in [0, 0.1) is 6.92 Å². The van der Waals surface area contributed by atoms with E-state index >= 15 is 0 Å². The van der Waals surface area contributed by atoms with E-state index in [0.29, 0.717) is 5.15 Å². The fourth-order valence-electron chi connectivity index (χ4n) is 3.16. The summed E-state index contributed by atoms with van der Waals surface area (Å²) in [7, 11) is 0. The van der Waals surface area contributed by atoms with Crippen LogP contribution < -0.4 is 4.90 Å². The number of hydrogen-bond donors (Lipinski definition) is 0. The molecule has 1 aromatic carbocycles. The Morgan fingerprint density at radius 2 is 1.92 bits per heavy atom. The van der Waals surface area contributed by atoms with E-state index < -0.39 is 0 Å². The van der Waals surface area contributed by atoms with Gasteiger partial charge in [-0.05, 0) is 18.4 Å². The van der Waals surface area contributed by atoms with Gasteiger partial charge in [0.2, 0.25) is 0 Å². The molecular formula is C18H19ClN4O. The van der Waals surface area contributed by atoms with Crippen molar-refractivity contribution in [2.45, 2.75) is 13.5 Å². The topological polar surface area (TPSA) is 45.4 Å². The Hall–Kier alpha value is -2.11. The van der Waals surface area contributed by atoms with Crippen LogP contribution in [0.5, 0.6) is 0 Å². The molecule has 0 amide bonds.